The SMILES string of the molecule is Cc1ccc(C2(N=[N+]=[N-])c3cc(Br)ccc3-c3ccc(Br)cc32)cc1. The summed E-state index contributed by atoms with van der Waals surface area (Å²) in [7, 11) is 0. The van der Waals surface area contributed by atoms with Crippen LogP contribution in [-0.2, 0) is 5.54 Å². The van der Waals surface area contributed by atoms with E-state index in [4.69, 9.17) is 0 Å². The van der Waals surface area contributed by atoms with Gasteiger partial charge in [0.2, 0.25) is 0 Å². The van der Waals surface area contributed by atoms with E-state index in [0.29, 0.717) is 0 Å². The summed E-state index contributed by atoms with van der Waals surface area (Å²) < 4.78 is 1.92. The summed E-state index contributed by atoms with van der Waals surface area (Å²) in [5.41, 5.74) is 14.9. The molecular weight excluding hydrogens is 442 g/mol. The Bertz CT molecular complexity index is 984. The lowest BCUT2D eigenvalue weighted by molar-refractivity contribution is 0.665. The predicted octanol–water partition coefficient (Wildman–Crippen LogP) is 7.10. The van der Waals surface area contributed by atoms with Gasteiger partial charge in [0.05, 0.1) is 0 Å². The van der Waals surface area contributed by atoms with Gasteiger partial charge in [-0.05, 0) is 64.5 Å². The summed E-state index contributed by atoms with van der Waals surface area (Å²) in [6.45, 7) is 2.05. The first-order chi connectivity index (χ1) is 12.1. The molecule has 3 aromatic carbocycles. The van der Waals surface area contributed by atoms with Crippen molar-refractivity contribution in [1.29, 1.82) is 0 Å². The molecule has 0 amide bonds. The molecule has 0 saturated heterocycles. The number of benzene rings is 3. The fourth-order valence-corrected chi connectivity index (χ4v) is 4.31. The first-order valence-corrected chi connectivity index (χ1v) is 9.39. The van der Waals surface area contributed by atoms with Gasteiger partial charge in [-0.15, -0.1) is 0 Å². The van der Waals surface area contributed by atoms with Crippen LogP contribution in [0.2, 0.25) is 0 Å². The van der Waals surface area contributed by atoms with Crippen molar-refractivity contribution in [2.75, 3.05) is 0 Å². The van der Waals surface area contributed by atoms with Gasteiger partial charge < -0.3 is 0 Å². The van der Waals surface area contributed by atoms with Gasteiger partial charge in [0, 0.05) is 13.9 Å². The molecule has 1 aliphatic rings. The van der Waals surface area contributed by atoms with Gasteiger partial charge in [-0.3, -0.25) is 0 Å². The lowest BCUT2D eigenvalue weighted by atomic mass is 9.81. The van der Waals surface area contributed by atoms with Gasteiger partial charge >= 0.3 is 0 Å². The maximum Gasteiger partial charge on any atom is 0.125 e. The van der Waals surface area contributed by atoms with Crippen LogP contribution in [0.15, 0.2) is 74.7 Å². The van der Waals surface area contributed by atoms with Crippen molar-refractivity contribution >= 4 is 31.9 Å². The number of hydrogen-bond acceptors (Lipinski definition) is 1. The van der Waals surface area contributed by atoms with Crippen molar-refractivity contribution in [1.82, 2.24) is 0 Å². The third-order valence-electron chi connectivity index (χ3n) is 4.70. The molecule has 0 aromatic heterocycles. The molecule has 0 N–H and O–H groups in total. The summed E-state index contributed by atoms with van der Waals surface area (Å²) in [6, 6.07) is 20.5. The van der Waals surface area contributed by atoms with E-state index in [0.717, 1.165) is 36.8 Å². The van der Waals surface area contributed by atoms with E-state index in [1.165, 1.54) is 5.56 Å². The van der Waals surface area contributed by atoms with E-state index in [-0.39, 0.29) is 0 Å². The number of rotatable bonds is 2. The smallest absolute Gasteiger partial charge is 0.0730 e. The maximum atomic E-state index is 9.43. The Morgan fingerprint density at radius 2 is 1.36 bits per heavy atom. The van der Waals surface area contributed by atoms with Crippen molar-refractivity contribution in [2.45, 2.75) is 12.5 Å². The third kappa shape index (κ3) is 2.43. The standard InChI is InChI=1S/C20H13Br2N3/c1-12-2-4-13(5-3-12)20(24-25-23)18-10-14(21)6-8-16(18)17-9-7-15(22)11-19(17)20/h2-11H,1H3. The van der Waals surface area contributed by atoms with Crippen LogP contribution < -0.4 is 0 Å². The van der Waals surface area contributed by atoms with Gasteiger partial charge in [0.15, 0.2) is 0 Å². The fourth-order valence-electron chi connectivity index (χ4n) is 3.58. The second-order valence-corrected chi connectivity index (χ2v) is 7.98. The topological polar surface area (TPSA) is 48.8 Å². The van der Waals surface area contributed by atoms with Crippen LogP contribution in [0.1, 0.15) is 22.3 Å². The van der Waals surface area contributed by atoms with Gasteiger partial charge in [-0.25, -0.2) is 0 Å². The van der Waals surface area contributed by atoms with E-state index in [2.05, 4.69) is 78.3 Å². The highest BCUT2D eigenvalue weighted by atomic mass is 79.9. The Balaban J connectivity index is 2.17. The second-order valence-electron chi connectivity index (χ2n) is 6.15. The van der Waals surface area contributed by atoms with Gasteiger partial charge in [-0.2, -0.15) is 0 Å². The predicted molar refractivity (Wildman–Crippen MR) is 107 cm³/mol. The van der Waals surface area contributed by atoms with Crippen LogP contribution >= 0.6 is 31.9 Å². The number of halogens is 2. The molecule has 0 unspecified atom stereocenters. The summed E-state index contributed by atoms with van der Waals surface area (Å²) in [6.07, 6.45) is 0. The quantitative estimate of drug-likeness (QED) is 0.225. The van der Waals surface area contributed by atoms with Crippen molar-refractivity contribution in [3.8, 4) is 11.1 Å². The molecule has 0 atom stereocenters. The summed E-state index contributed by atoms with van der Waals surface area (Å²) in [5, 5.41) is 4.36. The average molecular weight is 455 g/mol. The van der Waals surface area contributed by atoms with Gasteiger partial charge in [-0.1, -0.05) is 78.9 Å². The number of nitrogens with zero attached hydrogens (tertiary/aromatic N) is 3. The highest BCUT2D eigenvalue weighted by molar-refractivity contribution is 9.10. The Kier molecular flexibility index (Phi) is 3.95. The normalized spacial score (nSPS) is 13.7. The van der Waals surface area contributed by atoms with Gasteiger partial charge in [0.25, 0.3) is 0 Å². The van der Waals surface area contributed by atoms with Crippen LogP contribution in [0.25, 0.3) is 21.6 Å². The van der Waals surface area contributed by atoms with Crippen LogP contribution in [-0.4, -0.2) is 0 Å². The highest BCUT2D eigenvalue weighted by Gasteiger charge is 2.44. The number of fused-ring (bicyclic) bond motifs is 3. The fraction of sp³-hybridized carbons (Fsp3) is 0.100. The van der Waals surface area contributed by atoms with Crippen LogP contribution in [0.4, 0.5) is 0 Å². The van der Waals surface area contributed by atoms with Crippen molar-refractivity contribution in [2.24, 2.45) is 5.11 Å². The minimum atomic E-state index is -0.874. The van der Waals surface area contributed by atoms with Crippen molar-refractivity contribution in [3.63, 3.8) is 0 Å². The lowest BCUT2D eigenvalue weighted by Crippen LogP contribution is -2.23. The van der Waals surface area contributed by atoms with Gasteiger partial charge in [0.1, 0.15) is 5.54 Å². The summed E-state index contributed by atoms with van der Waals surface area (Å²) >= 11 is 7.13. The third-order valence-corrected chi connectivity index (χ3v) is 5.68. The van der Waals surface area contributed by atoms with Crippen molar-refractivity contribution < 1.29 is 0 Å². The summed E-state index contributed by atoms with van der Waals surface area (Å²) in [4.78, 5) is 3.24. The zero-order chi connectivity index (χ0) is 17.6. The molecule has 0 bridgehead atoms. The number of aryl methyl sites for hydroxylation is 1. The minimum Gasteiger partial charge on any atom is -0.0730 e. The van der Waals surface area contributed by atoms with E-state index in [1.54, 1.807) is 0 Å². The molecule has 122 valence electrons. The van der Waals surface area contributed by atoms with Crippen molar-refractivity contribution in [3.05, 3.63) is 102 Å². The highest BCUT2D eigenvalue weighted by Crippen LogP contribution is 2.54. The molecule has 0 spiro atoms. The van der Waals surface area contributed by atoms with E-state index in [1.807, 2.05) is 31.2 Å². The maximum absolute atomic E-state index is 9.43. The largest absolute Gasteiger partial charge is 0.125 e. The number of azide groups is 1. The van der Waals surface area contributed by atoms with E-state index in [9.17, 15) is 5.53 Å². The van der Waals surface area contributed by atoms with Crippen LogP contribution in [0, 0.1) is 6.92 Å². The summed E-state index contributed by atoms with van der Waals surface area (Å²) in [5.74, 6) is 0. The molecule has 5 heteroatoms. The molecule has 3 aromatic rings. The molecule has 25 heavy (non-hydrogen) atoms. The van der Waals surface area contributed by atoms with Crippen LogP contribution in [0.5, 0.6) is 0 Å². The first-order valence-electron chi connectivity index (χ1n) is 7.80. The minimum absolute atomic E-state index is 0.874. The molecule has 0 saturated carbocycles. The number of hydrogen-bond donors (Lipinski definition) is 0. The Morgan fingerprint density at radius 1 is 0.840 bits per heavy atom. The lowest BCUT2D eigenvalue weighted by Gasteiger charge is -2.27. The van der Waals surface area contributed by atoms with Crippen LogP contribution in [0.3, 0.4) is 0 Å². The molecule has 1 aliphatic carbocycles. The second kappa shape index (κ2) is 6.03. The molecule has 0 radical (unpaired) electrons. The first kappa shape index (κ1) is 16.4. The molecule has 3 nitrogen and oxygen atoms in total. The monoisotopic (exact) mass is 453 g/mol. The molecule has 0 heterocycles. The van der Waals surface area contributed by atoms with E-state index >= 15 is 0 Å². The molecular formula is C20H13Br2N3. The Hall–Kier alpha value is -2.07. The Labute approximate surface area is 162 Å². The molecule has 0 fully saturated rings. The zero-order valence-corrected chi connectivity index (χ0v) is 16.5. The Morgan fingerprint density at radius 3 is 1.84 bits per heavy atom. The zero-order valence-electron chi connectivity index (χ0n) is 13.4. The average Bonchev–Trinajstić information content (AvgIpc) is 2.86. The van der Waals surface area contributed by atoms with E-state index < -0.39 is 5.54 Å². The molecule has 0 aliphatic heterocycles. The molecule has 4 rings (SSSR count).